The molecule has 0 amide bonds. The molecule has 0 fully saturated rings. The highest BCUT2D eigenvalue weighted by Crippen LogP contribution is 2.20. The highest BCUT2D eigenvalue weighted by Gasteiger charge is 2.03. The van der Waals surface area contributed by atoms with Crippen LogP contribution in [0.2, 0.25) is 5.02 Å². The second-order valence-electron chi connectivity index (χ2n) is 6.85. The fraction of sp³-hybridized carbons (Fsp3) is 0. The summed E-state index contributed by atoms with van der Waals surface area (Å²) >= 11 is 6.07. The Morgan fingerprint density at radius 2 is 1.59 bits per heavy atom. The van der Waals surface area contributed by atoms with E-state index in [1.807, 2.05) is 78.9 Å². The number of hydrogen-bond acceptors (Lipinski definition) is 3. The van der Waals surface area contributed by atoms with Gasteiger partial charge in [-0.2, -0.15) is 0 Å². The molecule has 0 aliphatic heterocycles. The van der Waals surface area contributed by atoms with E-state index in [1.165, 1.54) is 0 Å². The van der Waals surface area contributed by atoms with Crippen molar-refractivity contribution < 1.29 is 0 Å². The van der Waals surface area contributed by atoms with Crippen molar-refractivity contribution in [2.45, 2.75) is 0 Å². The van der Waals surface area contributed by atoms with E-state index >= 15 is 0 Å². The van der Waals surface area contributed by atoms with E-state index in [1.54, 1.807) is 12.3 Å². The first-order valence-electron chi connectivity index (χ1n) is 9.24. The molecular weight excluding hydrogens is 380 g/mol. The Kier molecular flexibility index (Phi) is 4.30. The lowest BCUT2D eigenvalue weighted by atomic mass is 10.1. The lowest BCUT2D eigenvalue weighted by Crippen LogP contribution is -1.99. The average Bonchev–Trinajstić information content (AvgIpc) is 2.89. The van der Waals surface area contributed by atoms with Gasteiger partial charge >= 0.3 is 0 Å². The smallest absolute Gasteiger partial charge is 0.195 e. The number of pyridine rings is 2. The number of aromatic nitrogens is 2. The van der Waals surface area contributed by atoms with Gasteiger partial charge in [-0.1, -0.05) is 48.0 Å². The van der Waals surface area contributed by atoms with Gasteiger partial charge in [0.2, 0.25) is 0 Å². The van der Waals surface area contributed by atoms with E-state index in [9.17, 15) is 4.79 Å². The summed E-state index contributed by atoms with van der Waals surface area (Å²) in [6.07, 6.45) is 5.60. The predicted octanol–water partition coefficient (Wildman–Crippen LogP) is 6.12. The quantitative estimate of drug-likeness (QED) is 0.362. The first-order valence-corrected chi connectivity index (χ1v) is 9.61. The average molecular weight is 395 g/mol. The van der Waals surface area contributed by atoms with Gasteiger partial charge in [-0.25, -0.2) is 4.98 Å². The molecule has 0 aliphatic carbocycles. The van der Waals surface area contributed by atoms with E-state index in [0.717, 1.165) is 27.5 Å². The van der Waals surface area contributed by atoms with Gasteiger partial charge in [0.25, 0.3) is 0 Å². The van der Waals surface area contributed by atoms with E-state index in [-0.39, 0.29) is 5.43 Å². The van der Waals surface area contributed by atoms with Gasteiger partial charge in [-0.15, -0.1) is 0 Å². The first-order chi connectivity index (χ1) is 14.2. The summed E-state index contributed by atoms with van der Waals surface area (Å²) in [7, 11) is 0. The number of rotatable bonds is 2. The highest BCUT2D eigenvalue weighted by molar-refractivity contribution is 6.31. The fourth-order valence-corrected chi connectivity index (χ4v) is 3.62. The SMILES string of the molecule is O=c1c2cc(/C=C/c3ccc4ccc(Cl)cc4n3)ccc2ccc2ncccc12. The van der Waals surface area contributed by atoms with Crippen LogP contribution in [0.3, 0.4) is 0 Å². The van der Waals surface area contributed by atoms with Crippen molar-refractivity contribution in [3.63, 3.8) is 0 Å². The summed E-state index contributed by atoms with van der Waals surface area (Å²) in [5, 5.41) is 3.90. The Bertz CT molecular complexity index is 1490. The van der Waals surface area contributed by atoms with Crippen molar-refractivity contribution in [1.82, 2.24) is 9.97 Å². The molecule has 0 saturated heterocycles. The molecule has 5 rings (SSSR count). The largest absolute Gasteiger partial charge is 0.289 e. The summed E-state index contributed by atoms with van der Waals surface area (Å²) in [5.41, 5.74) is 3.30. The third kappa shape index (κ3) is 3.37. The van der Waals surface area contributed by atoms with Gasteiger partial charge in [0.1, 0.15) is 0 Å². The number of benzene rings is 2. The van der Waals surface area contributed by atoms with Gasteiger partial charge in [-0.3, -0.25) is 9.78 Å². The highest BCUT2D eigenvalue weighted by atomic mass is 35.5. The molecule has 5 aromatic rings. The fourth-order valence-electron chi connectivity index (χ4n) is 3.46. The van der Waals surface area contributed by atoms with Crippen LogP contribution in [0.15, 0.2) is 83.8 Å². The van der Waals surface area contributed by atoms with Crippen LogP contribution in [0.1, 0.15) is 11.3 Å². The van der Waals surface area contributed by atoms with Gasteiger partial charge in [0.15, 0.2) is 5.43 Å². The summed E-state index contributed by atoms with van der Waals surface area (Å²) in [4.78, 5) is 21.9. The van der Waals surface area contributed by atoms with Crippen LogP contribution in [0, 0.1) is 0 Å². The van der Waals surface area contributed by atoms with Crippen LogP contribution in [0.5, 0.6) is 0 Å². The Morgan fingerprint density at radius 1 is 0.759 bits per heavy atom. The summed E-state index contributed by atoms with van der Waals surface area (Å²) in [6.45, 7) is 0. The van der Waals surface area contributed by atoms with Gasteiger partial charge in [0.05, 0.1) is 16.7 Å². The van der Waals surface area contributed by atoms with E-state index in [2.05, 4.69) is 9.97 Å². The van der Waals surface area contributed by atoms with Crippen LogP contribution >= 0.6 is 11.6 Å². The van der Waals surface area contributed by atoms with Crippen molar-refractivity contribution in [2.24, 2.45) is 0 Å². The maximum Gasteiger partial charge on any atom is 0.195 e. The predicted molar refractivity (Wildman–Crippen MR) is 121 cm³/mol. The number of halogens is 1. The van der Waals surface area contributed by atoms with Crippen molar-refractivity contribution in [2.75, 3.05) is 0 Å². The molecule has 4 heteroatoms. The number of fused-ring (bicyclic) bond motifs is 3. The summed E-state index contributed by atoms with van der Waals surface area (Å²) in [5.74, 6) is 0. The molecule has 2 aromatic heterocycles. The Labute approximate surface area is 171 Å². The Balaban J connectivity index is 1.59. The molecule has 0 aliphatic rings. The summed E-state index contributed by atoms with van der Waals surface area (Å²) < 4.78 is 0. The monoisotopic (exact) mass is 394 g/mol. The standard InChI is InChI=1S/C25H15ClN2O/c26-19-9-6-18-7-11-20(28-24(18)15-19)10-4-16-3-5-17-8-12-23-21(2-1-13-27-23)25(29)22(17)14-16/h1-15H/b10-4+. The van der Waals surface area contributed by atoms with Crippen LogP contribution < -0.4 is 5.43 Å². The zero-order chi connectivity index (χ0) is 19.8. The minimum absolute atomic E-state index is 0.0122. The molecule has 0 radical (unpaired) electrons. The van der Waals surface area contributed by atoms with Gasteiger partial charge in [-0.05, 0) is 59.5 Å². The molecule has 0 spiro atoms. The number of nitrogens with zero attached hydrogens (tertiary/aromatic N) is 2. The van der Waals surface area contributed by atoms with Crippen LogP contribution in [0.4, 0.5) is 0 Å². The Hall–Kier alpha value is -3.56. The van der Waals surface area contributed by atoms with Gasteiger partial charge < -0.3 is 0 Å². The van der Waals surface area contributed by atoms with Crippen LogP contribution in [0.25, 0.3) is 44.7 Å². The molecule has 2 heterocycles. The molecule has 0 atom stereocenters. The molecule has 0 saturated carbocycles. The second kappa shape index (κ2) is 7.12. The minimum Gasteiger partial charge on any atom is -0.289 e. The van der Waals surface area contributed by atoms with Crippen LogP contribution in [-0.4, -0.2) is 9.97 Å². The van der Waals surface area contributed by atoms with E-state index in [4.69, 9.17) is 11.6 Å². The molecule has 0 unspecified atom stereocenters. The van der Waals surface area contributed by atoms with Crippen molar-refractivity contribution in [3.05, 3.63) is 105 Å². The Morgan fingerprint density at radius 3 is 2.52 bits per heavy atom. The zero-order valence-electron chi connectivity index (χ0n) is 15.3. The molecule has 3 nitrogen and oxygen atoms in total. The first kappa shape index (κ1) is 17.5. The minimum atomic E-state index is -0.0122. The lowest BCUT2D eigenvalue weighted by Gasteiger charge is -2.00. The van der Waals surface area contributed by atoms with Gasteiger partial charge in [0, 0.05) is 27.4 Å². The maximum absolute atomic E-state index is 13.0. The maximum atomic E-state index is 13.0. The van der Waals surface area contributed by atoms with Crippen LogP contribution in [-0.2, 0) is 0 Å². The zero-order valence-corrected chi connectivity index (χ0v) is 16.1. The van der Waals surface area contributed by atoms with Crippen molar-refractivity contribution in [3.8, 4) is 0 Å². The molecule has 3 aromatic carbocycles. The second-order valence-corrected chi connectivity index (χ2v) is 7.29. The number of hydrogen-bond donors (Lipinski definition) is 0. The molecule has 29 heavy (non-hydrogen) atoms. The lowest BCUT2D eigenvalue weighted by molar-refractivity contribution is 1.37. The van der Waals surface area contributed by atoms with Crippen molar-refractivity contribution in [1.29, 1.82) is 0 Å². The summed E-state index contributed by atoms with van der Waals surface area (Å²) in [6, 6.07) is 23.0. The molecular formula is C25H15ClN2O. The van der Waals surface area contributed by atoms with Crippen molar-refractivity contribution >= 4 is 56.3 Å². The topological polar surface area (TPSA) is 42.9 Å². The molecule has 138 valence electrons. The van der Waals surface area contributed by atoms with E-state index < -0.39 is 0 Å². The molecule has 0 N–H and O–H groups in total. The molecule has 0 bridgehead atoms. The van der Waals surface area contributed by atoms with E-state index in [0.29, 0.717) is 21.3 Å². The third-order valence-corrected chi connectivity index (χ3v) is 5.18. The third-order valence-electron chi connectivity index (χ3n) is 4.95. The normalized spacial score (nSPS) is 11.6.